The Morgan fingerprint density at radius 2 is 0.800 bits per heavy atom. The van der Waals surface area contributed by atoms with Gasteiger partial charge < -0.3 is 5.21 Å². The Balaban J connectivity index is 3.18. The Kier molecular flexibility index (Phi) is 25.1. The zero-order valence-corrected chi connectivity index (χ0v) is 21.4. The lowest BCUT2D eigenvalue weighted by Crippen LogP contribution is -2.32. The van der Waals surface area contributed by atoms with Gasteiger partial charge >= 0.3 is 0 Å². The molecule has 0 aliphatic rings. The van der Waals surface area contributed by atoms with Crippen LogP contribution in [0.4, 0.5) is 0 Å². The molecule has 30 heavy (non-hydrogen) atoms. The highest BCUT2D eigenvalue weighted by atomic mass is 16.5. The molecule has 0 saturated heterocycles. The Morgan fingerprint density at radius 1 is 0.467 bits per heavy atom. The van der Waals surface area contributed by atoms with Crippen molar-refractivity contribution in [2.45, 2.75) is 174 Å². The van der Waals surface area contributed by atoms with Crippen molar-refractivity contribution in [3.05, 3.63) is 0 Å². The predicted molar refractivity (Wildman–Crippen MR) is 135 cm³/mol. The van der Waals surface area contributed by atoms with Crippen LogP contribution in [-0.4, -0.2) is 22.9 Å². The minimum Gasteiger partial charge on any atom is -0.314 e. The van der Waals surface area contributed by atoms with Gasteiger partial charge in [-0.3, -0.25) is 0 Å². The van der Waals surface area contributed by atoms with Crippen LogP contribution in [0.2, 0.25) is 0 Å². The quantitative estimate of drug-likeness (QED) is 0.116. The maximum absolute atomic E-state index is 10.0. The molecule has 0 radical (unpaired) electrons. The van der Waals surface area contributed by atoms with Crippen LogP contribution in [0, 0.1) is 0 Å². The van der Waals surface area contributed by atoms with E-state index in [4.69, 9.17) is 0 Å². The smallest absolute Gasteiger partial charge is 0.0347 e. The van der Waals surface area contributed by atoms with Crippen molar-refractivity contribution < 1.29 is 5.21 Å². The summed E-state index contributed by atoms with van der Waals surface area (Å²) in [6.07, 6.45) is 31.9. The number of nitrogens with zero attached hydrogens (tertiary/aromatic N) is 1. The third kappa shape index (κ3) is 21.2. The molecule has 0 rings (SSSR count). The average molecular weight is 426 g/mol. The fourth-order valence-electron chi connectivity index (χ4n) is 4.61. The summed E-state index contributed by atoms with van der Waals surface area (Å²) >= 11 is 0. The van der Waals surface area contributed by atoms with Crippen molar-refractivity contribution in [1.82, 2.24) is 5.06 Å². The molecule has 0 fully saturated rings. The summed E-state index contributed by atoms with van der Waals surface area (Å²) in [5.41, 5.74) is 0. The molecule has 0 aromatic rings. The highest BCUT2D eigenvalue weighted by Crippen LogP contribution is 2.16. The fraction of sp³-hybridized carbons (Fsp3) is 1.00. The summed E-state index contributed by atoms with van der Waals surface area (Å²) in [5, 5.41) is 11.6. The largest absolute Gasteiger partial charge is 0.314 e. The number of unbranched alkanes of at least 4 members (excludes halogenated alkanes) is 19. The van der Waals surface area contributed by atoms with Crippen molar-refractivity contribution in [3.8, 4) is 0 Å². The molecule has 182 valence electrons. The van der Waals surface area contributed by atoms with E-state index in [0.717, 1.165) is 25.8 Å². The van der Waals surface area contributed by atoms with Gasteiger partial charge in [-0.25, -0.2) is 0 Å². The maximum Gasteiger partial charge on any atom is 0.0347 e. The van der Waals surface area contributed by atoms with Gasteiger partial charge in [0.15, 0.2) is 0 Å². The van der Waals surface area contributed by atoms with Crippen LogP contribution in [0.1, 0.15) is 168 Å². The van der Waals surface area contributed by atoms with Gasteiger partial charge in [-0.15, -0.1) is 0 Å². The van der Waals surface area contributed by atoms with Gasteiger partial charge in [0, 0.05) is 12.6 Å². The lowest BCUT2D eigenvalue weighted by Gasteiger charge is -2.24. The number of hydroxylamine groups is 2. The van der Waals surface area contributed by atoms with Crippen molar-refractivity contribution in [3.63, 3.8) is 0 Å². The first-order valence-electron chi connectivity index (χ1n) is 14.2. The zero-order chi connectivity index (χ0) is 22.1. The van der Waals surface area contributed by atoms with Crippen LogP contribution in [0.3, 0.4) is 0 Å². The molecular weight excluding hydrogens is 366 g/mol. The van der Waals surface area contributed by atoms with E-state index < -0.39 is 0 Å². The summed E-state index contributed by atoms with van der Waals surface area (Å²) in [4.78, 5) is 0. The Hall–Kier alpha value is -0.0800. The molecule has 0 heterocycles. The second kappa shape index (κ2) is 25.2. The highest BCUT2D eigenvalue weighted by molar-refractivity contribution is 4.63. The van der Waals surface area contributed by atoms with Gasteiger partial charge in [0.2, 0.25) is 0 Å². The van der Waals surface area contributed by atoms with Crippen molar-refractivity contribution in [2.24, 2.45) is 0 Å². The van der Waals surface area contributed by atoms with Crippen LogP contribution < -0.4 is 0 Å². The van der Waals surface area contributed by atoms with Crippen LogP contribution >= 0.6 is 0 Å². The normalized spacial score (nSPS) is 12.7. The van der Waals surface area contributed by atoms with Gasteiger partial charge in [0.25, 0.3) is 0 Å². The second-order valence-electron chi connectivity index (χ2n) is 9.73. The topological polar surface area (TPSA) is 23.5 Å². The Bertz CT molecular complexity index is 307. The van der Waals surface area contributed by atoms with E-state index >= 15 is 0 Å². The van der Waals surface area contributed by atoms with E-state index in [2.05, 4.69) is 20.8 Å². The highest BCUT2D eigenvalue weighted by Gasteiger charge is 2.12. The molecule has 2 nitrogen and oxygen atoms in total. The van der Waals surface area contributed by atoms with Crippen LogP contribution in [0.25, 0.3) is 0 Å². The van der Waals surface area contributed by atoms with Crippen LogP contribution in [0.15, 0.2) is 0 Å². The second-order valence-corrected chi connectivity index (χ2v) is 9.73. The van der Waals surface area contributed by atoms with E-state index in [-0.39, 0.29) is 0 Å². The number of hydrogen-bond donors (Lipinski definition) is 1. The third-order valence-corrected chi connectivity index (χ3v) is 6.74. The van der Waals surface area contributed by atoms with E-state index in [1.807, 2.05) is 0 Å². The molecule has 0 aromatic carbocycles. The van der Waals surface area contributed by atoms with E-state index in [1.165, 1.54) is 128 Å². The summed E-state index contributed by atoms with van der Waals surface area (Å²) in [6.45, 7) is 7.44. The first-order chi connectivity index (χ1) is 14.8. The summed E-state index contributed by atoms with van der Waals surface area (Å²) < 4.78 is 0. The summed E-state index contributed by atoms with van der Waals surface area (Å²) in [6, 6.07) is 0.375. The average Bonchev–Trinajstić information content (AvgIpc) is 2.75. The molecule has 1 atom stereocenters. The fourth-order valence-corrected chi connectivity index (χ4v) is 4.61. The molecular formula is C28H59NO. The molecule has 0 aromatic heterocycles. The Labute approximate surface area is 191 Å². The van der Waals surface area contributed by atoms with E-state index in [1.54, 1.807) is 5.06 Å². The van der Waals surface area contributed by atoms with E-state index in [9.17, 15) is 5.21 Å². The number of hydrogen-bond acceptors (Lipinski definition) is 2. The molecule has 0 aliphatic heterocycles. The predicted octanol–water partition coefficient (Wildman–Crippen LogP) is 10.1. The summed E-state index contributed by atoms with van der Waals surface area (Å²) in [7, 11) is 0. The van der Waals surface area contributed by atoms with Crippen LogP contribution in [-0.2, 0) is 0 Å². The lowest BCUT2D eigenvalue weighted by molar-refractivity contribution is -0.129. The molecule has 0 amide bonds. The van der Waals surface area contributed by atoms with Gasteiger partial charge in [-0.1, -0.05) is 149 Å². The molecule has 0 spiro atoms. The SMILES string of the molecule is CCCCCCCCCCCCCCCCCCCCCCC(CC)N(O)CCC. The van der Waals surface area contributed by atoms with Gasteiger partial charge in [-0.2, -0.15) is 5.06 Å². The molecule has 2 heteroatoms. The molecule has 1 unspecified atom stereocenters. The monoisotopic (exact) mass is 425 g/mol. The minimum atomic E-state index is 0.375. The molecule has 1 N–H and O–H groups in total. The third-order valence-electron chi connectivity index (χ3n) is 6.74. The zero-order valence-electron chi connectivity index (χ0n) is 21.4. The number of rotatable bonds is 25. The van der Waals surface area contributed by atoms with E-state index in [0.29, 0.717) is 6.04 Å². The van der Waals surface area contributed by atoms with Crippen molar-refractivity contribution >= 4 is 0 Å². The van der Waals surface area contributed by atoms with Crippen molar-refractivity contribution in [1.29, 1.82) is 0 Å². The molecule has 0 aliphatic carbocycles. The molecule has 0 saturated carbocycles. The maximum atomic E-state index is 10.0. The van der Waals surface area contributed by atoms with Crippen LogP contribution in [0.5, 0.6) is 0 Å². The standard InChI is InChI=1S/C28H59NO/c1-4-7-8-9-10-11-12-13-14-15-16-17-18-19-20-21-22-23-24-25-26-28(6-3)29(30)27-5-2/h28,30H,4-27H2,1-3H3. The Morgan fingerprint density at radius 3 is 1.10 bits per heavy atom. The van der Waals surface area contributed by atoms with Gasteiger partial charge in [0.1, 0.15) is 0 Å². The summed E-state index contributed by atoms with van der Waals surface area (Å²) in [5.74, 6) is 0. The van der Waals surface area contributed by atoms with Gasteiger partial charge in [0.05, 0.1) is 0 Å². The first kappa shape index (κ1) is 29.9. The minimum absolute atomic E-state index is 0.375. The molecule has 0 bridgehead atoms. The van der Waals surface area contributed by atoms with Crippen molar-refractivity contribution in [2.75, 3.05) is 6.54 Å². The first-order valence-corrected chi connectivity index (χ1v) is 14.2. The van der Waals surface area contributed by atoms with Gasteiger partial charge in [-0.05, 0) is 19.3 Å². The lowest BCUT2D eigenvalue weighted by atomic mass is 10.0.